The quantitative estimate of drug-likeness (QED) is 0.743. The average molecular weight is 380 g/mol. The summed E-state index contributed by atoms with van der Waals surface area (Å²) in [5.74, 6) is -0.600. The lowest BCUT2D eigenvalue weighted by molar-refractivity contribution is 0.0952. The molecule has 0 fully saturated rings. The summed E-state index contributed by atoms with van der Waals surface area (Å²) in [6.07, 6.45) is 0.746. The Kier molecular flexibility index (Phi) is 4.73. The lowest BCUT2D eigenvalue weighted by Gasteiger charge is -2.16. The van der Waals surface area contributed by atoms with E-state index < -0.39 is 0 Å². The number of nitrogens with zero attached hydrogens (tertiary/aromatic N) is 1. The van der Waals surface area contributed by atoms with E-state index in [1.54, 1.807) is 35.2 Å². The molecule has 2 aromatic carbocycles. The van der Waals surface area contributed by atoms with E-state index in [-0.39, 0.29) is 24.2 Å². The van der Waals surface area contributed by atoms with Gasteiger partial charge in [-0.2, -0.15) is 0 Å². The van der Waals surface area contributed by atoms with E-state index in [1.807, 2.05) is 18.2 Å². The van der Waals surface area contributed by atoms with Gasteiger partial charge in [0.2, 0.25) is 0 Å². The first-order valence-electron chi connectivity index (χ1n) is 8.64. The van der Waals surface area contributed by atoms with E-state index >= 15 is 0 Å². The number of halogens is 1. The largest absolute Gasteiger partial charge is 0.347 e. The van der Waals surface area contributed by atoms with E-state index in [0.717, 1.165) is 17.0 Å². The van der Waals surface area contributed by atoms with Gasteiger partial charge >= 0.3 is 0 Å². The standard InChI is InChI=1S/C21H17FN2O2S/c22-16-8-4-5-14(11-16)13-23-20(25)19-12-17-18(27-19)9-10-24(17)21(26)15-6-2-1-3-7-15/h1-8,11-12H,9-10,13H2,(H,23,25). The van der Waals surface area contributed by atoms with Crippen LogP contribution >= 0.6 is 11.3 Å². The van der Waals surface area contributed by atoms with Gasteiger partial charge in [-0.1, -0.05) is 30.3 Å². The highest BCUT2D eigenvalue weighted by molar-refractivity contribution is 7.14. The number of benzene rings is 2. The van der Waals surface area contributed by atoms with Gasteiger partial charge in [0, 0.05) is 30.0 Å². The Morgan fingerprint density at radius 2 is 1.89 bits per heavy atom. The minimum Gasteiger partial charge on any atom is -0.347 e. The van der Waals surface area contributed by atoms with Gasteiger partial charge in [-0.3, -0.25) is 9.59 Å². The fourth-order valence-corrected chi connectivity index (χ4v) is 4.20. The van der Waals surface area contributed by atoms with Gasteiger partial charge in [0.25, 0.3) is 11.8 Å². The third-order valence-electron chi connectivity index (χ3n) is 4.47. The SMILES string of the molecule is O=C(NCc1cccc(F)c1)c1cc2c(s1)CCN2C(=O)c1ccccc1. The van der Waals surface area contributed by atoms with Crippen LogP contribution < -0.4 is 10.2 Å². The summed E-state index contributed by atoms with van der Waals surface area (Å²) >= 11 is 1.40. The summed E-state index contributed by atoms with van der Waals surface area (Å²) in [5.41, 5.74) is 2.15. The van der Waals surface area contributed by atoms with Crippen molar-refractivity contribution in [2.75, 3.05) is 11.4 Å². The number of thiophene rings is 1. The van der Waals surface area contributed by atoms with Gasteiger partial charge in [-0.15, -0.1) is 11.3 Å². The van der Waals surface area contributed by atoms with Crippen molar-refractivity contribution in [2.24, 2.45) is 0 Å². The third-order valence-corrected chi connectivity index (χ3v) is 5.65. The number of fused-ring (bicyclic) bond motifs is 1. The van der Waals surface area contributed by atoms with Crippen LogP contribution in [0, 0.1) is 5.82 Å². The summed E-state index contributed by atoms with van der Waals surface area (Å²) in [7, 11) is 0. The molecule has 1 aliphatic heterocycles. The number of amides is 2. The zero-order valence-electron chi connectivity index (χ0n) is 14.4. The third kappa shape index (κ3) is 3.61. The maximum Gasteiger partial charge on any atom is 0.261 e. The maximum absolute atomic E-state index is 13.2. The number of hydrogen-bond acceptors (Lipinski definition) is 3. The number of anilines is 1. The first-order valence-corrected chi connectivity index (χ1v) is 9.46. The number of carbonyl (C=O) groups excluding carboxylic acids is 2. The minimum absolute atomic E-state index is 0.0566. The molecule has 2 heterocycles. The van der Waals surface area contributed by atoms with Crippen LogP contribution in [0.4, 0.5) is 10.1 Å². The topological polar surface area (TPSA) is 49.4 Å². The molecule has 2 amide bonds. The Morgan fingerprint density at radius 3 is 2.67 bits per heavy atom. The number of rotatable bonds is 4. The lowest BCUT2D eigenvalue weighted by Crippen LogP contribution is -2.29. The molecule has 6 heteroatoms. The molecule has 0 bridgehead atoms. The first kappa shape index (κ1) is 17.4. The molecule has 136 valence electrons. The van der Waals surface area contributed by atoms with Crippen molar-refractivity contribution in [3.05, 3.63) is 87.4 Å². The van der Waals surface area contributed by atoms with Crippen LogP contribution in [0.2, 0.25) is 0 Å². The Hall–Kier alpha value is -2.99. The van der Waals surface area contributed by atoms with Gasteiger partial charge < -0.3 is 10.2 Å². The van der Waals surface area contributed by atoms with Gasteiger partial charge in [0.1, 0.15) is 5.82 Å². The van der Waals surface area contributed by atoms with Crippen molar-refractivity contribution in [3.8, 4) is 0 Å². The molecule has 0 saturated heterocycles. The highest BCUT2D eigenvalue weighted by Gasteiger charge is 2.29. The van der Waals surface area contributed by atoms with Crippen LogP contribution in [0.3, 0.4) is 0 Å². The van der Waals surface area contributed by atoms with Crippen molar-refractivity contribution < 1.29 is 14.0 Å². The van der Waals surface area contributed by atoms with Crippen molar-refractivity contribution in [1.82, 2.24) is 5.32 Å². The molecule has 1 aromatic heterocycles. The van der Waals surface area contributed by atoms with Gasteiger partial charge in [0.05, 0.1) is 10.6 Å². The summed E-state index contributed by atoms with van der Waals surface area (Å²) in [6.45, 7) is 0.881. The second kappa shape index (κ2) is 7.32. The van der Waals surface area contributed by atoms with E-state index in [1.165, 1.54) is 23.5 Å². The van der Waals surface area contributed by atoms with Gasteiger partial charge in [-0.25, -0.2) is 4.39 Å². The summed E-state index contributed by atoms with van der Waals surface area (Å²) in [6, 6.07) is 17.0. The monoisotopic (exact) mass is 380 g/mol. The molecule has 4 nitrogen and oxygen atoms in total. The molecule has 0 radical (unpaired) electrons. The van der Waals surface area contributed by atoms with Crippen molar-refractivity contribution in [1.29, 1.82) is 0 Å². The highest BCUT2D eigenvalue weighted by atomic mass is 32.1. The van der Waals surface area contributed by atoms with Crippen LogP contribution in [0.1, 0.15) is 30.5 Å². The van der Waals surface area contributed by atoms with E-state index in [0.29, 0.717) is 22.5 Å². The molecule has 3 aromatic rings. The normalized spacial score (nSPS) is 12.7. The molecular weight excluding hydrogens is 363 g/mol. The summed E-state index contributed by atoms with van der Waals surface area (Å²) in [5, 5.41) is 2.81. The Labute approximate surface area is 160 Å². The maximum atomic E-state index is 13.2. The molecule has 4 rings (SSSR count). The van der Waals surface area contributed by atoms with Crippen LogP contribution in [-0.2, 0) is 13.0 Å². The number of hydrogen-bond donors (Lipinski definition) is 1. The van der Waals surface area contributed by atoms with E-state index in [2.05, 4.69) is 5.32 Å². The van der Waals surface area contributed by atoms with Crippen molar-refractivity contribution in [3.63, 3.8) is 0 Å². The Balaban J connectivity index is 1.47. The molecule has 0 aliphatic carbocycles. The zero-order chi connectivity index (χ0) is 18.8. The second-order valence-electron chi connectivity index (χ2n) is 6.30. The zero-order valence-corrected chi connectivity index (χ0v) is 15.3. The molecule has 1 N–H and O–H groups in total. The fraction of sp³-hybridized carbons (Fsp3) is 0.143. The lowest BCUT2D eigenvalue weighted by atomic mass is 10.2. The van der Waals surface area contributed by atoms with Crippen LogP contribution in [0.15, 0.2) is 60.7 Å². The molecule has 0 unspecified atom stereocenters. The molecule has 1 aliphatic rings. The van der Waals surface area contributed by atoms with Gasteiger partial charge in [0.15, 0.2) is 0 Å². The van der Waals surface area contributed by atoms with Crippen molar-refractivity contribution in [2.45, 2.75) is 13.0 Å². The molecule has 0 atom stereocenters. The summed E-state index contributed by atoms with van der Waals surface area (Å²) < 4.78 is 13.2. The predicted molar refractivity (Wildman–Crippen MR) is 104 cm³/mol. The Bertz CT molecular complexity index is 1000. The number of nitrogens with one attached hydrogen (secondary N) is 1. The van der Waals surface area contributed by atoms with Crippen LogP contribution in [0.5, 0.6) is 0 Å². The molecule has 27 heavy (non-hydrogen) atoms. The molecule has 0 saturated carbocycles. The predicted octanol–water partition coefficient (Wildman–Crippen LogP) is 4.02. The Morgan fingerprint density at radius 1 is 1.07 bits per heavy atom. The number of carbonyl (C=O) groups is 2. The fourth-order valence-electron chi connectivity index (χ4n) is 3.14. The van der Waals surface area contributed by atoms with Crippen molar-refractivity contribution >= 4 is 28.8 Å². The second-order valence-corrected chi connectivity index (χ2v) is 7.44. The first-order chi connectivity index (χ1) is 13.1. The molecule has 0 spiro atoms. The van der Waals surface area contributed by atoms with E-state index in [9.17, 15) is 14.0 Å². The van der Waals surface area contributed by atoms with E-state index in [4.69, 9.17) is 0 Å². The van der Waals surface area contributed by atoms with Gasteiger partial charge in [-0.05, 0) is 35.9 Å². The highest BCUT2D eigenvalue weighted by Crippen LogP contribution is 2.36. The molecular formula is C21H17FN2O2S. The van der Waals surface area contributed by atoms with Crippen LogP contribution in [-0.4, -0.2) is 18.4 Å². The average Bonchev–Trinajstić information content (AvgIpc) is 3.27. The van der Waals surface area contributed by atoms with Crippen LogP contribution in [0.25, 0.3) is 0 Å². The minimum atomic E-state index is -0.327. The smallest absolute Gasteiger partial charge is 0.261 e. The summed E-state index contributed by atoms with van der Waals surface area (Å²) in [4.78, 5) is 28.5.